The molecule has 0 saturated heterocycles. The standard InChI is InChI=1S/C19H18N2O3/c1-3-4-11-24-18-17(23-2)15-16-13(9-10-20-15)12-7-5-6-8-14(12)21(16)19(18)22/h5-10H,3-4,11H2,1-2H3. The molecule has 4 aromatic rings. The highest BCUT2D eigenvalue weighted by molar-refractivity contribution is 6.14. The molecule has 24 heavy (non-hydrogen) atoms. The summed E-state index contributed by atoms with van der Waals surface area (Å²) in [5, 5.41) is 2.01. The Morgan fingerprint density at radius 1 is 1.12 bits per heavy atom. The molecule has 0 aliphatic rings. The van der Waals surface area contributed by atoms with Crippen LogP contribution in [0.2, 0.25) is 0 Å². The summed E-state index contributed by atoms with van der Waals surface area (Å²) >= 11 is 0. The summed E-state index contributed by atoms with van der Waals surface area (Å²) in [4.78, 5) is 17.6. The Morgan fingerprint density at radius 3 is 2.75 bits per heavy atom. The average molecular weight is 322 g/mol. The van der Waals surface area contributed by atoms with Gasteiger partial charge in [-0.2, -0.15) is 0 Å². The van der Waals surface area contributed by atoms with E-state index in [0.717, 1.165) is 34.6 Å². The van der Waals surface area contributed by atoms with E-state index in [1.807, 2.05) is 30.3 Å². The van der Waals surface area contributed by atoms with Crippen molar-refractivity contribution >= 4 is 27.3 Å². The Kier molecular flexibility index (Phi) is 3.49. The van der Waals surface area contributed by atoms with Gasteiger partial charge in [0.2, 0.25) is 5.75 Å². The van der Waals surface area contributed by atoms with Gasteiger partial charge in [0.15, 0.2) is 5.75 Å². The highest BCUT2D eigenvalue weighted by Crippen LogP contribution is 2.37. The second-order valence-electron chi connectivity index (χ2n) is 5.78. The molecular weight excluding hydrogens is 304 g/mol. The second kappa shape index (κ2) is 5.67. The molecule has 0 aliphatic carbocycles. The number of fused-ring (bicyclic) bond motifs is 3. The van der Waals surface area contributed by atoms with Crippen LogP contribution in [0.25, 0.3) is 27.3 Å². The number of benzene rings is 1. The molecule has 3 heterocycles. The summed E-state index contributed by atoms with van der Waals surface area (Å²) in [5.41, 5.74) is 2.09. The fourth-order valence-electron chi connectivity index (χ4n) is 3.23. The third-order valence-electron chi connectivity index (χ3n) is 4.35. The van der Waals surface area contributed by atoms with Gasteiger partial charge < -0.3 is 9.47 Å². The van der Waals surface area contributed by atoms with Crippen LogP contribution in [0.3, 0.4) is 0 Å². The van der Waals surface area contributed by atoms with Crippen LogP contribution in [0.5, 0.6) is 11.5 Å². The summed E-state index contributed by atoms with van der Waals surface area (Å²) in [6, 6.07) is 9.79. The summed E-state index contributed by atoms with van der Waals surface area (Å²) < 4.78 is 13.0. The number of methoxy groups -OCH3 is 1. The molecule has 0 spiro atoms. The quantitative estimate of drug-likeness (QED) is 0.527. The van der Waals surface area contributed by atoms with E-state index in [1.54, 1.807) is 17.7 Å². The summed E-state index contributed by atoms with van der Waals surface area (Å²) in [7, 11) is 1.55. The SMILES string of the molecule is CCCCOc1c(OC)c2nccc3c4ccccc4n(c1=O)c23. The maximum atomic E-state index is 13.1. The van der Waals surface area contributed by atoms with Crippen LogP contribution >= 0.6 is 0 Å². The van der Waals surface area contributed by atoms with Gasteiger partial charge in [0.05, 0.1) is 24.8 Å². The maximum absolute atomic E-state index is 13.1. The molecule has 4 rings (SSSR count). The van der Waals surface area contributed by atoms with Gasteiger partial charge in [-0.25, -0.2) is 0 Å². The van der Waals surface area contributed by atoms with E-state index in [0.29, 0.717) is 17.9 Å². The largest absolute Gasteiger partial charge is 0.491 e. The van der Waals surface area contributed by atoms with Crippen molar-refractivity contribution in [3.05, 3.63) is 46.9 Å². The van der Waals surface area contributed by atoms with Crippen molar-refractivity contribution in [3.63, 3.8) is 0 Å². The van der Waals surface area contributed by atoms with Crippen LogP contribution in [0, 0.1) is 0 Å². The highest BCUT2D eigenvalue weighted by atomic mass is 16.5. The number of hydrogen-bond acceptors (Lipinski definition) is 4. The van der Waals surface area contributed by atoms with E-state index in [2.05, 4.69) is 11.9 Å². The summed E-state index contributed by atoms with van der Waals surface area (Å²) in [5.74, 6) is 0.650. The minimum Gasteiger partial charge on any atom is -0.491 e. The molecule has 122 valence electrons. The fourth-order valence-corrected chi connectivity index (χ4v) is 3.23. The molecule has 3 aromatic heterocycles. The number of hydrogen-bond donors (Lipinski definition) is 0. The van der Waals surface area contributed by atoms with Gasteiger partial charge in [0.25, 0.3) is 0 Å². The van der Waals surface area contributed by atoms with E-state index < -0.39 is 0 Å². The molecule has 0 amide bonds. The molecule has 0 atom stereocenters. The summed E-state index contributed by atoms with van der Waals surface area (Å²) in [6.07, 6.45) is 3.62. The van der Waals surface area contributed by atoms with Crippen molar-refractivity contribution in [1.29, 1.82) is 0 Å². The number of rotatable bonds is 5. The molecule has 0 N–H and O–H groups in total. The molecule has 0 unspecified atom stereocenters. The van der Waals surface area contributed by atoms with Crippen molar-refractivity contribution in [2.45, 2.75) is 19.8 Å². The Hall–Kier alpha value is -2.82. The lowest BCUT2D eigenvalue weighted by molar-refractivity contribution is 0.285. The van der Waals surface area contributed by atoms with Gasteiger partial charge in [-0.05, 0) is 18.6 Å². The van der Waals surface area contributed by atoms with Gasteiger partial charge in [0.1, 0.15) is 5.52 Å². The number of aromatic nitrogens is 2. The Bertz CT molecular complexity index is 1080. The molecule has 1 aromatic carbocycles. The normalized spacial score (nSPS) is 11.6. The fraction of sp³-hybridized carbons (Fsp3) is 0.263. The molecule has 0 radical (unpaired) electrons. The van der Waals surface area contributed by atoms with Crippen LogP contribution in [0.4, 0.5) is 0 Å². The molecule has 0 fully saturated rings. The van der Waals surface area contributed by atoms with Crippen LogP contribution in [-0.4, -0.2) is 23.1 Å². The van der Waals surface area contributed by atoms with Crippen molar-refractivity contribution in [1.82, 2.24) is 9.38 Å². The zero-order valence-electron chi connectivity index (χ0n) is 13.7. The lowest BCUT2D eigenvalue weighted by Crippen LogP contribution is -2.18. The molecule has 5 nitrogen and oxygen atoms in total. The number of nitrogens with zero attached hydrogens (tertiary/aromatic N) is 2. The maximum Gasteiger partial charge on any atom is 0.302 e. The van der Waals surface area contributed by atoms with Crippen molar-refractivity contribution in [2.24, 2.45) is 0 Å². The molecule has 5 heteroatoms. The van der Waals surface area contributed by atoms with E-state index in [1.165, 1.54) is 0 Å². The van der Waals surface area contributed by atoms with Gasteiger partial charge in [-0.15, -0.1) is 0 Å². The van der Waals surface area contributed by atoms with Crippen LogP contribution in [0.15, 0.2) is 41.3 Å². The Morgan fingerprint density at radius 2 is 1.96 bits per heavy atom. The first kappa shape index (κ1) is 14.8. The molecule has 0 bridgehead atoms. The van der Waals surface area contributed by atoms with Crippen molar-refractivity contribution < 1.29 is 9.47 Å². The monoisotopic (exact) mass is 322 g/mol. The molecular formula is C19H18N2O3. The molecule has 0 aliphatic heterocycles. The lowest BCUT2D eigenvalue weighted by atomic mass is 10.2. The first-order chi connectivity index (χ1) is 11.8. The predicted octanol–water partition coefficient (Wildman–Crippen LogP) is 3.63. The van der Waals surface area contributed by atoms with Crippen molar-refractivity contribution in [2.75, 3.05) is 13.7 Å². The number of ether oxygens (including phenoxy) is 2. The smallest absolute Gasteiger partial charge is 0.302 e. The summed E-state index contributed by atoms with van der Waals surface area (Å²) in [6.45, 7) is 2.56. The number of pyridine rings is 2. The van der Waals surface area contributed by atoms with Gasteiger partial charge >= 0.3 is 5.56 Å². The Balaban J connectivity index is 2.16. The third-order valence-corrected chi connectivity index (χ3v) is 4.35. The number of para-hydroxylation sites is 1. The minimum atomic E-state index is -0.199. The topological polar surface area (TPSA) is 52.8 Å². The van der Waals surface area contributed by atoms with Gasteiger partial charge in [-0.3, -0.25) is 14.2 Å². The van der Waals surface area contributed by atoms with Gasteiger partial charge in [-0.1, -0.05) is 31.5 Å². The average Bonchev–Trinajstić information content (AvgIpc) is 2.95. The lowest BCUT2D eigenvalue weighted by Gasteiger charge is -2.12. The first-order valence-corrected chi connectivity index (χ1v) is 8.12. The zero-order chi connectivity index (χ0) is 16.7. The Labute approximate surface area is 138 Å². The van der Waals surface area contributed by atoms with Crippen molar-refractivity contribution in [3.8, 4) is 11.5 Å². The zero-order valence-corrected chi connectivity index (χ0v) is 13.7. The van der Waals surface area contributed by atoms with Crippen LogP contribution < -0.4 is 15.0 Å². The third kappa shape index (κ3) is 1.94. The van der Waals surface area contributed by atoms with E-state index in [4.69, 9.17) is 9.47 Å². The van der Waals surface area contributed by atoms with Crippen LogP contribution in [0.1, 0.15) is 19.8 Å². The predicted molar refractivity (Wildman–Crippen MR) is 94.6 cm³/mol. The van der Waals surface area contributed by atoms with Gasteiger partial charge in [0, 0.05) is 17.0 Å². The first-order valence-electron chi connectivity index (χ1n) is 8.12. The molecule has 0 saturated carbocycles. The number of unbranched alkanes of at least 4 members (excludes halogenated alkanes) is 1. The second-order valence-corrected chi connectivity index (χ2v) is 5.78. The van der Waals surface area contributed by atoms with E-state index >= 15 is 0 Å². The van der Waals surface area contributed by atoms with Crippen LogP contribution in [-0.2, 0) is 0 Å². The van der Waals surface area contributed by atoms with E-state index in [9.17, 15) is 4.79 Å². The highest BCUT2D eigenvalue weighted by Gasteiger charge is 2.23. The minimum absolute atomic E-state index is 0.199. The van der Waals surface area contributed by atoms with E-state index in [-0.39, 0.29) is 11.3 Å².